The fraction of sp³-hybridized carbons (Fsp3) is 0.545. The standard InChI is InChI=1S/C11H16N2O2S3/c1-11(2)5-6-13(7-11)18(14,15)9-4-3-8(17-9)10(12)16/h3-4H,5-7H2,1-2H3,(H2,12,16). The van der Waals surface area contributed by atoms with E-state index in [4.69, 9.17) is 18.0 Å². The first-order valence-corrected chi connectivity index (χ1v) is 8.29. The van der Waals surface area contributed by atoms with Gasteiger partial charge in [0.2, 0.25) is 0 Å². The minimum Gasteiger partial charge on any atom is -0.389 e. The third-order valence-corrected chi connectivity index (χ3v) is 6.84. The minimum atomic E-state index is -3.39. The van der Waals surface area contributed by atoms with Gasteiger partial charge in [-0.1, -0.05) is 26.1 Å². The third kappa shape index (κ3) is 2.59. The van der Waals surface area contributed by atoms with Crippen LogP contribution in [0.2, 0.25) is 0 Å². The summed E-state index contributed by atoms with van der Waals surface area (Å²) in [7, 11) is -3.39. The third-order valence-electron chi connectivity index (χ3n) is 3.06. The predicted octanol–water partition coefficient (Wildman–Crippen LogP) is 1.80. The van der Waals surface area contributed by atoms with E-state index >= 15 is 0 Å². The topological polar surface area (TPSA) is 63.4 Å². The fourth-order valence-electron chi connectivity index (χ4n) is 1.99. The predicted molar refractivity (Wildman–Crippen MR) is 77.4 cm³/mol. The Balaban J connectivity index is 2.28. The van der Waals surface area contributed by atoms with Crippen molar-refractivity contribution in [2.24, 2.45) is 11.1 Å². The Morgan fingerprint density at radius 1 is 1.50 bits per heavy atom. The van der Waals surface area contributed by atoms with Gasteiger partial charge in [0.1, 0.15) is 9.20 Å². The van der Waals surface area contributed by atoms with Gasteiger partial charge in [0, 0.05) is 13.1 Å². The number of rotatable bonds is 3. The summed E-state index contributed by atoms with van der Waals surface area (Å²) < 4.78 is 26.7. The summed E-state index contributed by atoms with van der Waals surface area (Å²) in [5.41, 5.74) is 5.55. The molecule has 0 aliphatic carbocycles. The molecule has 0 saturated carbocycles. The highest BCUT2D eigenvalue weighted by molar-refractivity contribution is 7.91. The highest BCUT2D eigenvalue weighted by Crippen LogP contribution is 2.34. The molecule has 2 heterocycles. The van der Waals surface area contributed by atoms with Crippen LogP contribution in [0.1, 0.15) is 25.1 Å². The van der Waals surface area contributed by atoms with Crippen molar-refractivity contribution in [3.05, 3.63) is 17.0 Å². The number of hydrogen-bond acceptors (Lipinski definition) is 4. The van der Waals surface area contributed by atoms with Crippen LogP contribution in [0.4, 0.5) is 0 Å². The molecule has 0 radical (unpaired) electrons. The molecule has 18 heavy (non-hydrogen) atoms. The van der Waals surface area contributed by atoms with E-state index in [0.717, 1.165) is 17.8 Å². The molecule has 1 aliphatic rings. The summed E-state index contributed by atoms with van der Waals surface area (Å²) in [6, 6.07) is 3.25. The molecule has 0 aromatic carbocycles. The maximum absolute atomic E-state index is 12.4. The molecular formula is C11H16N2O2S3. The Morgan fingerprint density at radius 2 is 2.17 bits per heavy atom. The van der Waals surface area contributed by atoms with Gasteiger partial charge in [-0.3, -0.25) is 0 Å². The van der Waals surface area contributed by atoms with Crippen molar-refractivity contribution in [3.63, 3.8) is 0 Å². The maximum atomic E-state index is 12.4. The van der Waals surface area contributed by atoms with E-state index in [1.807, 2.05) is 0 Å². The Bertz CT molecular complexity index is 575. The number of nitrogens with two attached hydrogens (primary N) is 1. The second-order valence-corrected chi connectivity index (χ2v) is 8.92. The number of hydrogen-bond donors (Lipinski definition) is 1. The SMILES string of the molecule is CC1(C)CCN(S(=O)(=O)c2ccc(C(N)=S)s2)C1. The molecule has 100 valence electrons. The van der Waals surface area contributed by atoms with Crippen LogP contribution in [0.15, 0.2) is 16.3 Å². The van der Waals surface area contributed by atoms with Crippen molar-refractivity contribution < 1.29 is 8.42 Å². The summed E-state index contributed by atoms with van der Waals surface area (Å²) in [5.74, 6) is 0. The van der Waals surface area contributed by atoms with Crippen LogP contribution >= 0.6 is 23.6 Å². The van der Waals surface area contributed by atoms with Gasteiger partial charge >= 0.3 is 0 Å². The Labute approximate surface area is 117 Å². The molecule has 0 spiro atoms. The lowest BCUT2D eigenvalue weighted by atomic mass is 9.93. The zero-order valence-electron chi connectivity index (χ0n) is 10.3. The highest BCUT2D eigenvalue weighted by Gasteiger charge is 2.37. The molecule has 2 N–H and O–H groups in total. The lowest BCUT2D eigenvalue weighted by Gasteiger charge is -2.18. The van der Waals surface area contributed by atoms with Crippen molar-refractivity contribution in [3.8, 4) is 0 Å². The Morgan fingerprint density at radius 3 is 2.61 bits per heavy atom. The highest BCUT2D eigenvalue weighted by atomic mass is 32.2. The van der Waals surface area contributed by atoms with Crippen LogP contribution in [-0.2, 0) is 10.0 Å². The van der Waals surface area contributed by atoms with Gasteiger partial charge in [-0.15, -0.1) is 11.3 Å². The Kier molecular flexibility index (Phi) is 3.52. The van der Waals surface area contributed by atoms with Gasteiger partial charge < -0.3 is 5.73 Å². The molecule has 7 heteroatoms. The van der Waals surface area contributed by atoms with E-state index in [0.29, 0.717) is 22.2 Å². The second-order valence-electron chi connectivity index (χ2n) is 5.24. The molecule has 0 amide bonds. The average molecular weight is 304 g/mol. The molecular weight excluding hydrogens is 288 g/mol. The van der Waals surface area contributed by atoms with Gasteiger partial charge in [-0.25, -0.2) is 8.42 Å². The molecule has 2 rings (SSSR count). The lowest BCUT2D eigenvalue weighted by molar-refractivity contribution is 0.376. The normalized spacial score (nSPS) is 20.1. The first-order chi connectivity index (χ1) is 8.22. The van der Waals surface area contributed by atoms with Crippen molar-refractivity contribution in [1.82, 2.24) is 4.31 Å². The van der Waals surface area contributed by atoms with Gasteiger partial charge in [-0.05, 0) is 24.0 Å². The van der Waals surface area contributed by atoms with E-state index in [2.05, 4.69) is 13.8 Å². The molecule has 0 atom stereocenters. The lowest BCUT2D eigenvalue weighted by Crippen LogP contribution is -2.29. The summed E-state index contributed by atoms with van der Waals surface area (Å²) in [5, 5.41) is 0. The summed E-state index contributed by atoms with van der Waals surface area (Å²) in [4.78, 5) is 0.880. The molecule has 1 fully saturated rings. The summed E-state index contributed by atoms with van der Waals surface area (Å²) in [6.45, 7) is 5.31. The molecule has 1 aliphatic heterocycles. The fourth-order valence-corrected chi connectivity index (χ4v) is 5.12. The molecule has 1 aromatic heterocycles. The molecule has 0 bridgehead atoms. The van der Waals surface area contributed by atoms with E-state index in [1.54, 1.807) is 16.4 Å². The van der Waals surface area contributed by atoms with Crippen LogP contribution < -0.4 is 5.73 Å². The molecule has 0 unspecified atom stereocenters. The van der Waals surface area contributed by atoms with Crippen LogP contribution in [0, 0.1) is 5.41 Å². The number of thiocarbonyl (C=S) groups is 1. The first kappa shape index (κ1) is 13.9. The van der Waals surface area contributed by atoms with Crippen molar-refractivity contribution >= 4 is 38.6 Å². The van der Waals surface area contributed by atoms with Gasteiger partial charge in [0.05, 0.1) is 4.88 Å². The van der Waals surface area contributed by atoms with Crippen LogP contribution in [0.3, 0.4) is 0 Å². The second kappa shape index (κ2) is 4.56. The van der Waals surface area contributed by atoms with Crippen molar-refractivity contribution in [1.29, 1.82) is 0 Å². The minimum absolute atomic E-state index is 0.0519. The van der Waals surface area contributed by atoms with Crippen molar-refractivity contribution in [2.75, 3.05) is 13.1 Å². The van der Waals surface area contributed by atoms with E-state index < -0.39 is 10.0 Å². The van der Waals surface area contributed by atoms with E-state index in [9.17, 15) is 8.42 Å². The van der Waals surface area contributed by atoms with Gasteiger partial charge in [0.15, 0.2) is 0 Å². The molecule has 1 saturated heterocycles. The molecule has 1 aromatic rings. The van der Waals surface area contributed by atoms with E-state index in [1.165, 1.54) is 0 Å². The van der Waals surface area contributed by atoms with Crippen LogP contribution in [0.25, 0.3) is 0 Å². The number of sulfonamides is 1. The van der Waals surface area contributed by atoms with Crippen molar-refractivity contribution in [2.45, 2.75) is 24.5 Å². The quantitative estimate of drug-likeness (QED) is 0.865. The monoisotopic (exact) mass is 304 g/mol. The maximum Gasteiger partial charge on any atom is 0.252 e. The molecule has 4 nitrogen and oxygen atoms in total. The van der Waals surface area contributed by atoms with Crippen LogP contribution in [-0.4, -0.2) is 30.8 Å². The van der Waals surface area contributed by atoms with Gasteiger partial charge in [0.25, 0.3) is 10.0 Å². The largest absolute Gasteiger partial charge is 0.389 e. The number of nitrogens with zero attached hydrogens (tertiary/aromatic N) is 1. The number of thiophene rings is 1. The first-order valence-electron chi connectivity index (χ1n) is 5.62. The van der Waals surface area contributed by atoms with Crippen LogP contribution in [0.5, 0.6) is 0 Å². The zero-order valence-corrected chi connectivity index (χ0v) is 12.8. The summed E-state index contributed by atoms with van der Waals surface area (Å²) >= 11 is 5.99. The summed E-state index contributed by atoms with van der Waals surface area (Å²) in [6.07, 6.45) is 0.889. The average Bonchev–Trinajstić information content (AvgIpc) is 2.84. The smallest absolute Gasteiger partial charge is 0.252 e. The Hall–Kier alpha value is -0.500. The zero-order chi connectivity index (χ0) is 13.6. The van der Waals surface area contributed by atoms with E-state index in [-0.39, 0.29) is 10.4 Å². The van der Waals surface area contributed by atoms with Gasteiger partial charge in [-0.2, -0.15) is 4.31 Å².